The molecule has 6 atom stereocenters. The number of pyridine rings is 1. The summed E-state index contributed by atoms with van der Waals surface area (Å²) in [6, 6.07) is 10.8. The smallest absolute Gasteiger partial charge is 0.0974 e. The summed E-state index contributed by atoms with van der Waals surface area (Å²) in [5.74, 6) is 1.21. The van der Waals surface area contributed by atoms with Crippen LogP contribution in [0.1, 0.15) is 82.6 Å². The first kappa shape index (κ1) is 21.1. The van der Waals surface area contributed by atoms with Crippen molar-refractivity contribution in [1.29, 1.82) is 0 Å². The number of benzene rings is 1. The van der Waals surface area contributed by atoms with E-state index in [-0.39, 0.29) is 16.6 Å². The van der Waals surface area contributed by atoms with Gasteiger partial charge in [-0.05, 0) is 123 Å². The number of hydrogen-bond acceptors (Lipinski definition) is 3. The van der Waals surface area contributed by atoms with Gasteiger partial charge in [0.15, 0.2) is 0 Å². The molecule has 3 heteroatoms. The van der Waals surface area contributed by atoms with E-state index in [0.717, 1.165) is 6.04 Å². The Morgan fingerprint density at radius 2 is 1.91 bits per heavy atom. The van der Waals surface area contributed by atoms with Crippen molar-refractivity contribution in [3.05, 3.63) is 65.5 Å². The first-order valence-corrected chi connectivity index (χ1v) is 14.2. The van der Waals surface area contributed by atoms with Crippen molar-refractivity contribution in [2.45, 2.75) is 100 Å². The topological polar surface area (TPSA) is 25.4 Å². The molecule has 2 spiro atoms. The maximum atomic E-state index is 7.52. The average molecular weight is 467 g/mol. The van der Waals surface area contributed by atoms with E-state index in [1.807, 2.05) is 12.4 Å². The normalized spacial score (nSPS) is 41.9. The third-order valence-corrected chi connectivity index (χ3v) is 11.4. The number of allylic oxidation sites excluding steroid dienone is 1. The van der Waals surface area contributed by atoms with Crippen LogP contribution in [0.15, 0.2) is 60.0 Å². The summed E-state index contributed by atoms with van der Waals surface area (Å²) in [6.07, 6.45) is 21.9. The lowest BCUT2D eigenvalue weighted by molar-refractivity contribution is -0.140. The van der Waals surface area contributed by atoms with E-state index in [2.05, 4.69) is 60.3 Å². The Kier molecular flexibility index (Phi) is 4.27. The first-order valence-electron chi connectivity index (χ1n) is 14.2. The van der Waals surface area contributed by atoms with Crippen molar-refractivity contribution in [2.24, 2.45) is 11.3 Å². The van der Waals surface area contributed by atoms with Crippen LogP contribution >= 0.6 is 0 Å². The molecule has 4 aliphatic carbocycles. The predicted octanol–water partition coefficient (Wildman–Crippen LogP) is 6.94. The van der Waals surface area contributed by atoms with Crippen LogP contribution in [-0.4, -0.2) is 40.2 Å². The standard InChI is InChI=1S/C32H38N2O/c1-30-13-11-25-18-24-5-6-27(34(2)26-7-8-26)19-31(24)14-15-32(25,35-31)29(30)10-9-28(30)22-4-3-21-12-16-33-20-23(21)17-22/h3-4,11-12,16-18,20,26-29H,5-10,13-15,19H2,1-2H3/t27?,28?,29-,30-,31-,32-/m1/s1. The van der Waals surface area contributed by atoms with Gasteiger partial charge in [-0.1, -0.05) is 31.2 Å². The zero-order chi connectivity index (χ0) is 23.4. The van der Waals surface area contributed by atoms with E-state index in [9.17, 15) is 0 Å². The molecule has 0 N–H and O–H groups in total. The molecule has 2 bridgehead atoms. The van der Waals surface area contributed by atoms with E-state index >= 15 is 0 Å². The molecule has 35 heavy (non-hydrogen) atoms. The highest BCUT2D eigenvalue weighted by Gasteiger charge is 2.66. The van der Waals surface area contributed by atoms with Gasteiger partial charge < -0.3 is 9.64 Å². The van der Waals surface area contributed by atoms with E-state index in [4.69, 9.17) is 4.74 Å². The molecule has 4 fully saturated rings. The van der Waals surface area contributed by atoms with Crippen molar-refractivity contribution in [1.82, 2.24) is 9.88 Å². The van der Waals surface area contributed by atoms with Crippen LogP contribution in [0.5, 0.6) is 0 Å². The van der Waals surface area contributed by atoms with Crippen molar-refractivity contribution < 1.29 is 4.74 Å². The third-order valence-electron chi connectivity index (χ3n) is 11.4. The second-order valence-corrected chi connectivity index (χ2v) is 13.0. The molecule has 8 rings (SSSR count). The van der Waals surface area contributed by atoms with Gasteiger partial charge in [0.1, 0.15) is 0 Å². The van der Waals surface area contributed by atoms with Gasteiger partial charge in [0.05, 0.1) is 11.2 Å². The van der Waals surface area contributed by atoms with Crippen LogP contribution in [0.2, 0.25) is 0 Å². The van der Waals surface area contributed by atoms with Gasteiger partial charge in [0.25, 0.3) is 0 Å². The Labute approximate surface area is 209 Å². The number of rotatable bonds is 3. The number of ether oxygens (including phenoxy) is 1. The molecular weight excluding hydrogens is 428 g/mol. The maximum absolute atomic E-state index is 7.52. The van der Waals surface area contributed by atoms with Gasteiger partial charge >= 0.3 is 0 Å². The lowest BCUT2D eigenvalue weighted by atomic mass is 9.58. The average Bonchev–Trinajstić information content (AvgIpc) is 3.60. The molecule has 3 saturated carbocycles. The highest BCUT2D eigenvalue weighted by atomic mass is 16.5. The summed E-state index contributed by atoms with van der Waals surface area (Å²) < 4.78 is 7.52. The van der Waals surface area contributed by atoms with Crippen molar-refractivity contribution >= 4 is 10.8 Å². The van der Waals surface area contributed by atoms with Gasteiger partial charge in [0, 0.05) is 29.9 Å². The minimum atomic E-state index is -0.0519. The first-order chi connectivity index (χ1) is 17.0. The molecule has 1 aromatic heterocycles. The Morgan fingerprint density at radius 3 is 2.80 bits per heavy atom. The summed E-state index contributed by atoms with van der Waals surface area (Å²) in [6.45, 7) is 2.59. The lowest BCUT2D eigenvalue weighted by Gasteiger charge is -2.55. The number of fused-ring (bicyclic) bond motifs is 2. The van der Waals surface area contributed by atoms with E-state index in [0.29, 0.717) is 17.9 Å². The van der Waals surface area contributed by atoms with Crippen LogP contribution in [0.3, 0.4) is 0 Å². The third kappa shape index (κ3) is 2.83. The summed E-state index contributed by atoms with van der Waals surface area (Å²) >= 11 is 0. The van der Waals surface area contributed by atoms with E-state index in [1.165, 1.54) is 80.5 Å². The zero-order valence-corrected chi connectivity index (χ0v) is 21.3. The highest BCUT2D eigenvalue weighted by molar-refractivity contribution is 5.82. The predicted molar refractivity (Wildman–Crippen MR) is 140 cm³/mol. The molecule has 0 radical (unpaired) electrons. The van der Waals surface area contributed by atoms with Gasteiger partial charge in [-0.3, -0.25) is 4.98 Å². The van der Waals surface area contributed by atoms with Crippen molar-refractivity contribution in [3.63, 3.8) is 0 Å². The van der Waals surface area contributed by atoms with Crippen LogP contribution in [0.4, 0.5) is 0 Å². The molecule has 3 heterocycles. The zero-order valence-electron chi connectivity index (χ0n) is 21.3. The Balaban J connectivity index is 1.15. The molecule has 1 aromatic carbocycles. The number of hydrogen-bond donors (Lipinski definition) is 0. The molecule has 2 aliphatic heterocycles. The summed E-state index contributed by atoms with van der Waals surface area (Å²) in [5.41, 5.74) is 4.89. The monoisotopic (exact) mass is 466 g/mol. The molecule has 2 aromatic rings. The van der Waals surface area contributed by atoms with Crippen molar-refractivity contribution in [2.75, 3.05) is 7.05 Å². The van der Waals surface area contributed by atoms with Crippen molar-refractivity contribution in [3.8, 4) is 0 Å². The lowest BCUT2D eigenvalue weighted by Crippen LogP contribution is -2.55. The molecular formula is C32H38N2O. The minimum absolute atomic E-state index is 0.00830. The van der Waals surface area contributed by atoms with E-state index < -0.39 is 0 Å². The summed E-state index contributed by atoms with van der Waals surface area (Å²) in [7, 11) is 2.38. The quantitative estimate of drug-likeness (QED) is 0.490. The van der Waals surface area contributed by atoms with Crippen LogP contribution in [-0.2, 0) is 4.74 Å². The SMILES string of the molecule is CN(C1CC1)C1CCC2=CC3=CC[C@]4(C)C(c5ccc6ccncc6c5)CC[C@H]4[C@@]34CC[C@]2(C1)O4. The highest BCUT2D eigenvalue weighted by Crippen LogP contribution is 2.69. The van der Waals surface area contributed by atoms with Gasteiger partial charge in [-0.25, -0.2) is 0 Å². The van der Waals surface area contributed by atoms with E-state index in [1.54, 1.807) is 11.1 Å². The van der Waals surface area contributed by atoms with Crippen LogP contribution in [0.25, 0.3) is 10.8 Å². The molecule has 182 valence electrons. The fourth-order valence-electron chi connectivity index (χ4n) is 9.38. The second kappa shape index (κ2) is 7.07. The maximum Gasteiger partial charge on any atom is 0.0974 e. The van der Waals surface area contributed by atoms with Crippen LogP contribution < -0.4 is 0 Å². The molecule has 0 amide bonds. The number of aromatic nitrogens is 1. The molecule has 6 aliphatic rings. The minimum Gasteiger partial charge on any atom is -0.359 e. The van der Waals surface area contributed by atoms with Gasteiger partial charge in [-0.15, -0.1) is 0 Å². The molecule has 2 unspecified atom stereocenters. The Hall–Kier alpha value is -1.97. The fraction of sp³-hybridized carbons (Fsp3) is 0.594. The summed E-state index contributed by atoms with van der Waals surface area (Å²) in [4.78, 5) is 7.10. The Morgan fingerprint density at radius 1 is 1.00 bits per heavy atom. The molecule has 1 saturated heterocycles. The van der Waals surface area contributed by atoms with Gasteiger partial charge in [-0.2, -0.15) is 0 Å². The molecule has 3 nitrogen and oxygen atoms in total. The fourth-order valence-corrected chi connectivity index (χ4v) is 9.38. The largest absolute Gasteiger partial charge is 0.359 e. The summed E-state index contributed by atoms with van der Waals surface area (Å²) in [5, 5.41) is 2.57. The van der Waals surface area contributed by atoms with Crippen LogP contribution in [0, 0.1) is 11.3 Å². The second-order valence-electron chi connectivity index (χ2n) is 13.0. The number of nitrogens with zero attached hydrogens (tertiary/aromatic N) is 2. The Bertz CT molecular complexity index is 1280. The van der Waals surface area contributed by atoms with Gasteiger partial charge in [0.2, 0.25) is 0 Å².